The van der Waals surface area contributed by atoms with E-state index in [0.29, 0.717) is 17.7 Å². The summed E-state index contributed by atoms with van der Waals surface area (Å²) >= 11 is 0. The number of pyridine rings is 1. The molecule has 1 aliphatic heterocycles. The van der Waals surface area contributed by atoms with Crippen molar-refractivity contribution in [1.82, 2.24) is 10.3 Å². The van der Waals surface area contributed by atoms with Gasteiger partial charge in [-0.05, 0) is 24.3 Å². The van der Waals surface area contributed by atoms with E-state index < -0.39 is 29.7 Å². The third-order valence-electron chi connectivity index (χ3n) is 4.88. The first-order chi connectivity index (χ1) is 15.5. The van der Waals surface area contributed by atoms with Crippen LogP contribution in [-0.2, 0) is 11.3 Å². The Morgan fingerprint density at radius 1 is 1.12 bits per heavy atom. The van der Waals surface area contributed by atoms with Gasteiger partial charge in [0, 0.05) is 41.7 Å². The fourth-order valence-corrected chi connectivity index (χ4v) is 3.34. The van der Waals surface area contributed by atoms with Crippen LogP contribution in [0.4, 0.5) is 19.3 Å². The molecular weight excluding hydrogens is 420 g/mol. The Bertz CT molecular complexity index is 1140. The SMILES string of the molecule is O=C(N[C@H]1CCOc2c(C(=O)Nc3ccc(F)c(F)c3)cccc21)OCc1cccnc1. The predicted octanol–water partition coefficient (Wildman–Crippen LogP) is 4.36. The third kappa shape index (κ3) is 4.83. The van der Waals surface area contributed by atoms with Gasteiger partial charge in [-0.25, -0.2) is 13.6 Å². The smallest absolute Gasteiger partial charge is 0.407 e. The van der Waals surface area contributed by atoms with Crippen molar-refractivity contribution in [1.29, 1.82) is 0 Å². The van der Waals surface area contributed by atoms with Crippen LogP contribution in [0, 0.1) is 11.6 Å². The minimum absolute atomic E-state index is 0.0758. The lowest BCUT2D eigenvalue weighted by Gasteiger charge is -2.27. The molecule has 32 heavy (non-hydrogen) atoms. The Morgan fingerprint density at radius 2 is 2.00 bits per heavy atom. The molecule has 7 nitrogen and oxygen atoms in total. The number of amides is 2. The van der Waals surface area contributed by atoms with Crippen molar-refractivity contribution < 1.29 is 27.8 Å². The zero-order chi connectivity index (χ0) is 22.5. The lowest BCUT2D eigenvalue weighted by molar-refractivity contribution is 0.102. The van der Waals surface area contributed by atoms with Crippen molar-refractivity contribution >= 4 is 17.7 Å². The third-order valence-corrected chi connectivity index (χ3v) is 4.88. The number of carbonyl (C=O) groups is 2. The number of hydrogen-bond acceptors (Lipinski definition) is 5. The normalized spacial score (nSPS) is 14.6. The number of hydrogen-bond donors (Lipinski definition) is 2. The Kier molecular flexibility index (Phi) is 6.25. The maximum absolute atomic E-state index is 13.4. The Morgan fingerprint density at radius 3 is 2.78 bits per heavy atom. The summed E-state index contributed by atoms with van der Waals surface area (Å²) in [6.07, 6.45) is 3.12. The molecule has 4 rings (SSSR count). The van der Waals surface area contributed by atoms with Gasteiger partial charge >= 0.3 is 6.09 Å². The first-order valence-electron chi connectivity index (χ1n) is 9.85. The number of anilines is 1. The first-order valence-corrected chi connectivity index (χ1v) is 9.85. The summed E-state index contributed by atoms with van der Waals surface area (Å²) < 4.78 is 37.5. The van der Waals surface area contributed by atoms with Crippen LogP contribution in [0.25, 0.3) is 0 Å². The molecule has 164 valence electrons. The summed E-state index contributed by atoms with van der Waals surface area (Å²) in [5.41, 5.74) is 1.69. The zero-order valence-corrected chi connectivity index (χ0v) is 16.8. The number of carbonyl (C=O) groups excluding carboxylic acids is 2. The van der Waals surface area contributed by atoms with Crippen LogP contribution < -0.4 is 15.4 Å². The minimum atomic E-state index is -1.07. The van der Waals surface area contributed by atoms with Gasteiger partial charge in [0.25, 0.3) is 5.91 Å². The van der Waals surface area contributed by atoms with Crippen LogP contribution in [0.2, 0.25) is 0 Å². The summed E-state index contributed by atoms with van der Waals surface area (Å²) in [7, 11) is 0. The number of aromatic nitrogens is 1. The number of alkyl carbamates (subject to hydrolysis) is 1. The average Bonchev–Trinajstić information content (AvgIpc) is 2.80. The van der Waals surface area contributed by atoms with Gasteiger partial charge in [-0.2, -0.15) is 0 Å². The molecule has 1 aliphatic rings. The van der Waals surface area contributed by atoms with Gasteiger partial charge in [0.1, 0.15) is 12.4 Å². The molecule has 0 bridgehead atoms. The molecule has 2 aromatic carbocycles. The summed E-state index contributed by atoms with van der Waals surface area (Å²) in [5, 5.41) is 5.32. The first kappa shape index (κ1) is 21.2. The minimum Gasteiger partial charge on any atom is -0.492 e. The summed E-state index contributed by atoms with van der Waals surface area (Å²) in [6.45, 7) is 0.350. The monoisotopic (exact) mass is 439 g/mol. The van der Waals surface area contributed by atoms with Crippen molar-refractivity contribution in [2.24, 2.45) is 0 Å². The Labute approximate surface area is 182 Å². The Hall–Kier alpha value is -4.01. The molecule has 0 radical (unpaired) electrons. The molecule has 3 aromatic rings. The molecule has 0 fully saturated rings. The highest BCUT2D eigenvalue weighted by molar-refractivity contribution is 6.06. The summed E-state index contributed by atoms with van der Waals surface area (Å²) in [4.78, 5) is 29.0. The van der Waals surface area contributed by atoms with E-state index in [-0.39, 0.29) is 24.5 Å². The number of fused-ring (bicyclic) bond motifs is 1. The second-order valence-electron chi connectivity index (χ2n) is 7.08. The molecular formula is C23H19F2N3O4. The van der Waals surface area contributed by atoms with Gasteiger partial charge in [0.15, 0.2) is 11.6 Å². The molecule has 2 N–H and O–H groups in total. The van der Waals surface area contributed by atoms with Gasteiger partial charge in [-0.15, -0.1) is 0 Å². The second-order valence-corrected chi connectivity index (χ2v) is 7.08. The van der Waals surface area contributed by atoms with Crippen LogP contribution in [0.1, 0.15) is 33.9 Å². The van der Waals surface area contributed by atoms with Gasteiger partial charge in [0.2, 0.25) is 0 Å². The summed E-state index contributed by atoms with van der Waals surface area (Å²) in [6, 6.07) is 11.2. The molecule has 0 saturated carbocycles. The van der Waals surface area contributed by atoms with E-state index in [0.717, 1.165) is 17.7 Å². The van der Waals surface area contributed by atoms with Crippen LogP contribution >= 0.6 is 0 Å². The van der Waals surface area contributed by atoms with E-state index in [1.807, 2.05) is 0 Å². The topological polar surface area (TPSA) is 89.5 Å². The fourth-order valence-electron chi connectivity index (χ4n) is 3.34. The number of halogens is 2. The lowest BCUT2D eigenvalue weighted by Crippen LogP contribution is -2.33. The fraction of sp³-hybridized carbons (Fsp3) is 0.174. The predicted molar refractivity (Wildman–Crippen MR) is 111 cm³/mol. The van der Waals surface area contributed by atoms with E-state index in [4.69, 9.17) is 9.47 Å². The standard InChI is InChI=1S/C23H19F2N3O4/c24-18-7-6-15(11-19(18)25)27-22(29)17-5-1-4-16-20(8-10-31-21(16)17)28-23(30)32-13-14-3-2-9-26-12-14/h1-7,9,11-12,20H,8,10,13H2,(H,27,29)(H,28,30)/t20-/m0/s1. The number of nitrogens with one attached hydrogen (secondary N) is 2. The number of ether oxygens (including phenoxy) is 2. The molecule has 2 heterocycles. The number of benzene rings is 2. The highest BCUT2D eigenvalue weighted by atomic mass is 19.2. The van der Waals surface area contributed by atoms with Crippen LogP contribution in [0.5, 0.6) is 5.75 Å². The van der Waals surface area contributed by atoms with Crippen molar-refractivity contribution in [2.75, 3.05) is 11.9 Å². The van der Waals surface area contributed by atoms with E-state index in [1.165, 1.54) is 6.07 Å². The molecule has 0 unspecified atom stereocenters. The van der Waals surface area contributed by atoms with Crippen molar-refractivity contribution in [3.05, 3.63) is 89.2 Å². The van der Waals surface area contributed by atoms with E-state index in [2.05, 4.69) is 15.6 Å². The van der Waals surface area contributed by atoms with Crippen molar-refractivity contribution in [2.45, 2.75) is 19.1 Å². The van der Waals surface area contributed by atoms with Crippen LogP contribution in [0.15, 0.2) is 60.9 Å². The zero-order valence-electron chi connectivity index (χ0n) is 16.8. The maximum atomic E-state index is 13.4. The van der Waals surface area contributed by atoms with Crippen LogP contribution in [0.3, 0.4) is 0 Å². The molecule has 1 atom stereocenters. The molecule has 9 heteroatoms. The maximum Gasteiger partial charge on any atom is 0.407 e. The van der Waals surface area contributed by atoms with E-state index in [1.54, 1.807) is 42.7 Å². The number of nitrogens with zero attached hydrogens (tertiary/aromatic N) is 1. The van der Waals surface area contributed by atoms with Gasteiger partial charge in [-0.1, -0.05) is 18.2 Å². The molecule has 0 saturated heterocycles. The van der Waals surface area contributed by atoms with E-state index in [9.17, 15) is 18.4 Å². The van der Waals surface area contributed by atoms with Gasteiger partial charge < -0.3 is 20.1 Å². The largest absolute Gasteiger partial charge is 0.492 e. The Balaban J connectivity index is 1.46. The highest BCUT2D eigenvalue weighted by Gasteiger charge is 2.27. The molecule has 2 amide bonds. The molecule has 0 aliphatic carbocycles. The van der Waals surface area contributed by atoms with Crippen molar-refractivity contribution in [3.63, 3.8) is 0 Å². The lowest BCUT2D eigenvalue weighted by atomic mass is 9.97. The highest BCUT2D eigenvalue weighted by Crippen LogP contribution is 2.35. The number of para-hydroxylation sites is 1. The van der Waals surface area contributed by atoms with Crippen LogP contribution in [-0.4, -0.2) is 23.6 Å². The number of rotatable bonds is 5. The second kappa shape index (κ2) is 9.42. The quantitative estimate of drug-likeness (QED) is 0.617. The van der Waals surface area contributed by atoms with Crippen molar-refractivity contribution in [3.8, 4) is 5.75 Å². The average molecular weight is 439 g/mol. The van der Waals surface area contributed by atoms with Gasteiger partial charge in [-0.3, -0.25) is 9.78 Å². The summed E-state index contributed by atoms with van der Waals surface area (Å²) in [5.74, 6) is -2.31. The molecule has 0 spiro atoms. The van der Waals surface area contributed by atoms with E-state index >= 15 is 0 Å². The molecule has 1 aromatic heterocycles. The van der Waals surface area contributed by atoms with Gasteiger partial charge in [0.05, 0.1) is 18.2 Å².